The number of thiophene rings is 1. The number of hydrogen-bond acceptors (Lipinski definition) is 8. The lowest BCUT2D eigenvalue weighted by atomic mass is 10.1. The third-order valence-corrected chi connectivity index (χ3v) is 8.32. The van der Waals surface area contributed by atoms with Gasteiger partial charge in [0.05, 0.1) is 11.8 Å². The molecule has 1 amide bonds. The fraction of sp³-hybridized carbons (Fsp3) is 0.444. The van der Waals surface area contributed by atoms with Crippen molar-refractivity contribution in [3.63, 3.8) is 0 Å². The van der Waals surface area contributed by atoms with Gasteiger partial charge in [0.25, 0.3) is 5.91 Å². The van der Waals surface area contributed by atoms with Gasteiger partial charge in [-0.15, -0.1) is 11.3 Å². The smallest absolute Gasteiger partial charge is 0.356 e. The van der Waals surface area contributed by atoms with Crippen LogP contribution in [0.25, 0.3) is 10.2 Å². The first-order valence-electron chi connectivity index (χ1n) is 12.9. The fourth-order valence-electron chi connectivity index (χ4n) is 4.75. The Morgan fingerprint density at radius 3 is 2.77 bits per heavy atom. The molecule has 1 saturated carbocycles. The van der Waals surface area contributed by atoms with Crippen LogP contribution in [0.2, 0.25) is 0 Å². The highest BCUT2D eigenvalue weighted by Crippen LogP contribution is 2.35. The first-order chi connectivity index (χ1) is 18.7. The minimum absolute atomic E-state index is 0.0810. The summed E-state index contributed by atoms with van der Waals surface area (Å²) in [6, 6.07) is 9.74. The van der Waals surface area contributed by atoms with E-state index in [2.05, 4.69) is 36.8 Å². The Hall–Kier alpha value is -2.67. The molecule has 2 aromatic heterocycles. The van der Waals surface area contributed by atoms with Crippen molar-refractivity contribution in [1.82, 2.24) is 25.3 Å². The molecular formula is C27H33F3N6OS2. The fourth-order valence-corrected chi connectivity index (χ4v) is 6.15. The molecule has 1 fully saturated rings. The van der Waals surface area contributed by atoms with Gasteiger partial charge in [0.15, 0.2) is 0 Å². The quantitative estimate of drug-likeness (QED) is 0.184. The van der Waals surface area contributed by atoms with E-state index in [1.165, 1.54) is 18.3 Å². The lowest BCUT2D eigenvalue weighted by Gasteiger charge is -2.26. The van der Waals surface area contributed by atoms with E-state index >= 15 is 0 Å². The molecule has 0 spiro atoms. The van der Waals surface area contributed by atoms with Crippen molar-refractivity contribution >= 4 is 45.2 Å². The molecule has 12 heteroatoms. The first-order valence-corrected chi connectivity index (χ1v) is 14.6. The highest BCUT2D eigenvalue weighted by molar-refractivity contribution is 8.00. The summed E-state index contributed by atoms with van der Waals surface area (Å²) in [7, 11) is 1.95. The second-order valence-electron chi connectivity index (χ2n) is 9.56. The number of amides is 1. The predicted molar refractivity (Wildman–Crippen MR) is 153 cm³/mol. The minimum atomic E-state index is -4.25. The Morgan fingerprint density at radius 2 is 2.03 bits per heavy atom. The van der Waals surface area contributed by atoms with E-state index in [1.54, 1.807) is 11.5 Å². The molecule has 210 valence electrons. The molecular weight excluding hydrogens is 545 g/mol. The highest BCUT2D eigenvalue weighted by Gasteiger charge is 2.31. The molecule has 2 atom stereocenters. The zero-order valence-electron chi connectivity index (χ0n) is 21.8. The van der Waals surface area contributed by atoms with E-state index in [0.29, 0.717) is 40.7 Å². The Kier molecular flexibility index (Phi) is 10.2. The summed E-state index contributed by atoms with van der Waals surface area (Å²) in [5, 5.41) is 8.94. The molecule has 1 aliphatic rings. The van der Waals surface area contributed by atoms with Gasteiger partial charge < -0.3 is 15.5 Å². The van der Waals surface area contributed by atoms with Crippen molar-refractivity contribution < 1.29 is 18.0 Å². The van der Waals surface area contributed by atoms with Crippen molar-refractivity contribution in [1.29, 1.82) is 0 Å². The molecule has 4 rings (SSSR count). The number of carbonyl (C=O) groups excluding carboxylic acids is 1. The van der Waals surface area contributed by atoms with Crippen LogP contribution in [0.1, 0.15) is 46.5 Å². The van der Waals surface area contributed by atoms with Gasteiger partial charge in [-0.3, -0.25) is 9.52 Å². The zero-order valence-corrected chi connectivity index (χ0v) is 23.4. The maximum atomic E-state index is 12.9. The lowest BCUT2D eigenvalue weighted by Crippen LogP contribution is -2.33. The van der Waals surface area contributed by atoms with Crippen LogP contribution in [0, 0.1) is 0 Å². The van der Waals surface area contributed by atoms with E-state index < -0.39 is 12.6 Å². The van der Waals surface area contributed by atoms with Gasteiger partial charge in [-0.05, 0) is 54.9 Å². The molecule has 7 nitrogen and oxygen atoms in total. The van der Waals surface area contributed by atoms with Crippen LogP contribution < -0.4 is 20.3 Å². The van der Waals surface area contributed by atoms with E-state index in [-0.39, 0.29) is 16.8 Å². The largest absolute Gasteiger partial charge is 0.393 e. The van der Waals surface area contributed by atoms with Crippen LogP contribution >= 0.6 is 23.3 Å². The normalized spacial score (nSPS) is 17.4. The van der Waals surface area contributed by atoms with E-state index in [0.717, 1.165) is 49.1 Å². The second-order valence-corrected chi connectivity index (χ2v) is 11.5. The third-order valence-electron chi connectivity index (χ3n) is 6.74. The molecule has 3 N–H and O–H groups in total. The van der Waals surface area contributed by atoms with Crippen LogP contribution in [0.5, 0.6) is 0 Å². The van der Waals surface area contributed by atoms with Crippen LogP contribution in [-0.4, -0.2) is 54.3 Å². The zero-order chi connectivity index (χ0) is 27.8. The molecule has 3 aromatic rings. The summed E-state index contributed by atoms with van der Waals surface area (Å²) in [6.07, 6.45) is -0.0847. The Morgan fingerprint density at radius 1 is 1.23 bits per heavy atom. The van der Waals surface area contributed by atoms with Crippen molar-refractivity contribution in [2.75, 3.05) is 25.0 Å². The number of nitrogens with zero attached hydrogens (tertiary/aromatic N) is 3. The molecule has 0 radical (unpaired) electrons. The molecule has 0 aliphatic heterocycles. The van der Waals surface area contributed by atoms with Crippen LogP contribution in [0.3, 0.4) is 0 Å². The second kappa shape index (κ2) is 13.6. The maximum absolute atomic E-state index is 12.9. The number of aromatic nitrogens is 2. The summed E-state index contributed by atoms with van der Waals surface area (Å²) in [5.41, 5.74) is 1.74. The average molecular weight is 579 g/mol. The van der Waals surface area contributed by atoms with Gasteiger partial charge in [0.2, 0.25) is 0 Å². The molecule has 1 aromatic carbocycles. The molecule has 0 saturated heterocycles. The predicted octanol–water partition coefficient (Wildman–Crippen LogP) is 5.44. The number of alkyl halides is 3. The number of carbonyl (C=O) groups is 1. The number of benzene rings is 1. The average Bonchev–Trinajstić information content (AvgIpc) is 3.54. The maximum Gasteiger partial charge on any atom is 0.393 e. The standard InChI is InChI=1S/C27H33F3N6OS2/c1-3-38-35-12-4-11-31-25(37)19-7-5-18(6-8-19)16-32-20-9-10-21(13-20)36(2)24-23-14-22(15-27(28,29)30)39-26(23)34-17-33-24/h3,5-8,14,17,20-21,32,35H,1,4,9-13,15-16H2,2H3,(H,31,37)/t20-,21+/m0/s1. The lowest BCUT2D eigenvalue weighted by molar-refractivity contribution is -0.126. The number of halogens is 3. The molecule has 2 heterocycles. The summed E-state index contributed by atoms with van der Waals surface area (Å²) >= 11 is 2.51. The molecule has 39 heavy (non-hydrogen) atoms. The van der Waals surface area contributed by atoms with Crippen molar-refractivity contribution in [2.24, 2.45) is 0 Å². The summed E-state index contributed by atoms with van der Waals surface area (Å²) in [6.45, 7) is 5.71. The van der Waals surface area contributed by atoms with Gasteiger partial charge >= 0.3 is 6.18 Å². The summed E-state index contributed by atoms with van der Waals surface area (Å²) < 4.78 is 41.8. The third kappa shape index (κ3) is 8.41. The van der Waals surface area contributed by atoms with E-state index in [1.807, 2.05) is 31.3 Å². The van der Waals surface area contributed by atoms with Crippen molar-refractivity contribution in [2.45, 2.75) is 56.9 Å². The molecule has 1 aliphatic carbocycles. The minimum Gasteiger partial charge on any atom is -0.356 e. The highest BCUT2D eigenvalue weighted by atomic mass is 32.2. The van der Waals surface area contributed by atoms with E-state index in [4.69, 9.17) is 0 Å². The van der Waals surface area contributed by atoms with E-state index in [9.17, 15) is 18.0 Å². The molecule has 0 unspecified atom stereocenters. The van der Waals surface area contributed by atoms with Gasteiger partial charge in [0.1, 0.15) is 17.0 Å². The number of rotatable bonds is 13. The Bertz CT molecular complexity index is 1250. The number of hydrogen-bond donors (Lipinski definition) is 3. The van der Waals surface area contributed by atoms with Crippen LogP contribution in [0.15, 0.2) is 48.6 Å². The topological polar surface area (TPSA) is 82.2 Å². The monoisotopic (exact) mass is 578 g/mol. The van der Waals surface area contributed by atoms with Gasteiger partial charge in [-0.1, -0.05) is 30.7 Å². The summed E-state index contributed by atoms with van der Waals surface area (Å²) in [5.74, 6) is 0.596. The number of anilines is 1. The van der Waals surface area contributed by atoms with Gasteiger partial charge in [0, 0.05) is 49.2 Å². The number of fused-ring (bicyclic) bond motifs is 1. The van der Waals surface area contributed by atoms with Crippen molar-refractivity contribution in [3.05, 3.63) is 64.7 Å². The Balaban J connectivity index is 1.25. The van der Waals surface area contributed by atoms with Crippen LogP contribution in [0.4, 0.5) is 19.0 Å². The Labute approximate surface area is 234 Å². The van der Waals surface area contributed by atoms with Crippen LogP contribution in [-0.2, 0) is 13.0 Å². The van der Waals surface area contributed by atoms with Gasteiger partial charge in [-0.25, -0.2) is 9.97 Å². The van der Waals surface area contributed by atoms with Gasteiger partial charge in [-0.2, -0.15) is 13.2 Å². The number of nitrogens with one attached hydrogen (secondary N) is 3. The SMILES string of the molecule is C=CSNCCCNC(=O)c1ccc(CN[C@H]2CC[C@@H](N(C)c3ncnc4sc(CC(F)(F)F)cc34)C2)cc1. The molecule has 0 bridgehead atoms. The first kappa shape index (κ1) is 29.3. The van der Waals surface area contributed by atoms with Crippen molar-refractivity contribution in [3.8, 4) is 0 Å². The summed E-state index contributed by atoms with van der Waals surface area (Å²) in [4.78, 5) is 23.9.